The molecular formula is C15H22N4O3. The van der Waals surface area contributed by atoms with E-state index in [0.29, 0.717) is 12.6 Å². The Morgan fingerprint density at radius 2 is 1.68 bits per heavy atom. The molecule has 1 aromatic heterocycles. The monoisotopic (exact) mass is 306 g/mol. The van der Waals surface area contributed by atoms with Gasteiger partial charge in [-0.3, -0.25) is 4.79 Å². The Labute approximate surface area is 129 Å². The molecule has 1 aliphatic carbocycles. The molecule has 1 aromatic rings. The fourth-order valence-electron chi connectivity index (χ4n) is 2.58. The van der Waals surface area contributed by atoms with Crippen molar-refractivity contribution in [2.45, 2.75) is 44.6 Å². The predicted octanol–water partition coefficient (Wildman–Crippen LogP) is 1.22. The summed E-state index contributed by atoms with van der Waals surface area (Å²) < 4.78 is 0. The fourth-order valence-corrected chi connectivity index (χ4v) is 2.58. The van der Waals surface area contributed by atoms with Crippen molar-refractivity contribution in [2.24, 2.45) is 0 Å². The first-order valence-electron chi connectivity index (χ1n) is 7.74. The van der Waals surface area contributed by atoms with Gasteiger partial charge in [-0.05, 0) is 12.8 Å². The van der Waals surface area contributed by atoms with E-state index in [2.05, 4.69) is 20.6 Å². The minimum atomic E-state index is -1.16. The van der Waals surface area contributed by atoms with E-state index in [0.717, 1.165) is 12.7 Å². The zero-order valence-electron chi connectivity index (χ0n) is 12.5. The van der Waals surface area contributed by atoms with Gasteiger partial charge in [0.2, 0.25) is 0 Å². The molecule has 1 aliphatic rings. The van der Waals surface area contributed by atoms with Crippen LogP contribution in [0.1, 0.15) is 59.5 Å². The van der Waals surface area contributed by atoms with Crippen LogP contribution in [0.2, 0.25) is 0 Å². The van der Waals surface area contributed by atoms with Crippen molar-refractivity contribution in [3.63, 3.8) is 0 Å². The molecule has 7 nitrogen and oxygen atoms in total. The number of carbonyl (C=O) groups excluding carboxylic acids is 1. The zero-order valence-corrected chi connectivity index (χ0v) is 12.5. The van der Waals surface area contributed by atoms with Gasteiger partial charge in [0, 0.05) is 19.1 Å². The summed E-state index contributed by atoms with van der Waals surface area (Å²) in [6.07, 6.45) is 9.86. The van der Waals surface area contributed by atoms with E-state index in [1.54, 1.807) is 0 Å². The molecule has 1 saturated carbocycles. The van der Waals surface area contributed by atoms with E-state index in [-0.39, 0.29) is 17.3 Å². The van der Waals surface area contributed by atoms with E-state index >= 15 is 0 Å². The van der Waals surface area contributed by atoms with Gasteiger partial charge in [-0.25, -0.2) is 14.8 Å². The third-order valence-electron chi connectivity index (χ3n) is 3.80. The number of hydrogen-bond donors (Lipinski definition) is 3. The lowest BCUT2D eigenvalue weighted by atomic mass is 10.1. The number of aromatic nitrogens is 2. The van der Waals surface area contributed by atoms with Crippen molar-refractivity contribution in [1.29, 1.82) is 0 Å². The fraction of sp³-hybridized carbons (Fsp3) is 0.600. The molecule has 0 radical (unpaired) electrons. The maximum Gasteiger partial charge on any atom is 0.356 e. The summed E-state index contributed by atoms with van der Waals surface area (Å²) in [5, 5.41) is 14.9. The SMILES string of the molecule is O=C(O)c1cnc(C(=O)NCCNC2CCCCCC2)cn1. The highest BCUT2D eigenvalue weighted by Gasteiger charge is 2.12. The number of carbonyl (C=O) groups is 2. The van der Waals surface area contributed by atoms with Gasteiger partial charge >= 0.3 is 5.97 Å². The number of nitrogens with zero attached hydrogens (tertiary/aromatic N) is 2. The number of hydrogen-bond acceptors (Lipinski definition) is 5. The molecule has 3 N–H and O–H groups in total. The molecule has 1 amide bonds. The third-order valence-corrected chi connectivity index (χ3v) is 3.80. The second-order valence-corrected chi connectivity index (χ2v) is 5.49. The van der Waals surface area contributed by atoms with Crippen LogP contribution in [0.4, 0.5) is 0 Å². The van der Waals surface area contributed by atoms with Crippen molar-refractivity contribution in [3.8, 4) is 0 Å². The quantitative estimate of drug-likeness (QED) is 0.539. The molecule has 0 saturated heterocycles. The molecule has 0 spiro atoms. The maximum absolute atomic E-state index is 11.8. The second-order valence-electron chi connectivity index (χ2n) is 5.49. The predicted molar refractivity (Wildman–Crippen MR) is 80.8 cm³/mol. The first-order valence-corrected chi connectivity index (χ1v) is 7.74. The largest absolute Gasteiger partial charge is 0.476 e. The average Bonchev–Trinajstić information content (AvgIpc) is 2.80. The third kappa shape index (κ3) is 5.07. The summed E-state index contributed by atoms with van der Waals surface area (Å²) in [6.45, 7) is 1.23. The Balaban J connectivity index is 1.69. The Hall–Kier alpha value is -2.02. The number of carboxylic acid groups (broad SMARTS) is 1. The van der Waals surface area contributed by atoms with Gasteiger partial charge in [0.1, 0.15) is 5.69 Å². The smallest absolute Gasteiger partial charge is 0.356 e. The lowest BCUT2D eigenvalue weighted by Crippen LogP contribution is -2.37. The molecule has 1 fully saturated rings. The van der Waals surface area contributed by atoms with Crippen molar-refractivity contribution in [1.82, 2.24) is 20.6 Å². The van der Waals surface area contributed by atoms with Gasteiger partial charge in [-0.2, -0.15) is 0 Å². The summed E-state index contributed by atoms with van der Waals surface area (Å²) in [5.41, 5.74) is -0.0500. The topological polar surface area (TPSA) is 104 Å². The summed E-state index contributed by atoms with van der Waals surface area (Å²) in [4.78, 5) is 30.0. The first kappa shape index (κ1) is 16.4. The molecule has 0 aromatic carbocycles. The second kappa shape index (κ2) is 8.43. The van der Waals surface area contributed by atoms with Crippen molar-refractivity contribution in [2.75, 3.05) is 13.1 Å². The molecule has 22 heavy (non-hydrogen) atoms. The van der Waals surface area contributed by atoms with Crippen LogP contribution < -0.4 is 10.6 Å². The number of amides is 1. The van der Waals surface area contributed by atoms with Crippen LogP contribution in [0.15, 0.2) is 12.4 Å². The van der Waals surface area contributed by atoms with Gasteiger partial charge < -0.3 is 15.7 Å². The molecule has 2 rings (SSSR count). The molecule has 7 heteroatoms. The minimum absolute atomic E-state index is 0.125. The molecular weight excluding hydrogens is 284 g/mol. The molecule has 0 unspecified atom stereocenters. The summed E-state index contributed by atoms with van der Waals surface area (Å²) in [6, 6.07) is 0.550. The van der Waals surface area contributed by atoms with Crippen LogP contribution in [0, 0.1) is 0 Å². The molecule has 1 heterocycles. The standard InChI is InChI=1S/C15H22N4O3/c20-14(12-9-19-13(10-18-12)15(21)22)17-8-7-16-11-5-3-1-2-4-6-11/h9-11,16H,1-8H2,(H,17,20)(H,21,22). The lowest BCUT2D eigenvalue weighted by molar-refractivity contribution is 0.0689. The van der Waals surface area contributed by atoms with Gasteiger partial charge in [-0.15, -0.1) is 0 Å². The van der Waals surface area contributed by atoms with Crippen LogP contribution >= 0.6 is 0 Å². The number of rotatable bonds is 6. The molecule has 0 aliphatic heterocycles. The Bertz CT molecular complexity index is 496. The van der Waals surface area contributed by atoms with Crippen LogP contribution in [-0.4, -0.2) is 46.1 Å². The minimum Gasteiger partial charge on any atom is -0.476 e. The van der Waals surface area contributed by atoms with Crippen LogP contribution in [0.25, 0.3) is 0 Å². The van der Waals surface area contributed by atoms with Crippen LogP contribution in [-0.2, 0) is 0 Å². The Morgan fingerprint density at radius 1 is 1.05 bits per heavy atom. The summed E-state index contributed by atoms with van der Waals surface area (Å²) in [5.74, 6) is -1.50. The molecule has 0 bridgehead atoms. The van der Waals surface area contributed by atoms with Gasteiger partial charge in [0.05, 0.1) is 12.4 Å². The highest BCUT2D eigenvalue weighted by atomic mass is 16.4. The highest BCUT2D eigenvalue weighted by Crippen LogP contribution is 2.16. The lowest BCUT2D eigenvalue weighted by Gasteiger charge is -2.16. The van der Waals surface area contributed by atoms with Crippen molar-refractivity contribution < 1.29 is 14.7 Å². The van der Waals surface area contributed by atoms with E-state index in [1.165, 1.54) is 44.7 Å². The summed E-state index contributed by atoms with van der Waals surface area (Å²) >= 11 is 0. The van der Waals surface area contributed by atoms with E-state index in [1.807, 2.05) is 0 Å². The zero-order chi connectivity index (χ0) is 15.8. The molecule has 120 valence electrons. The highest BCUT2D eigenvalue weighted by molar-refractivity contribution is 5.92. The normalized spacial score (nSPS) is 16.0. The Morgan fingerprint density at radius 3 is 2.27 bits per heavy atom. The Kier molecular flexibility index (Phi) is 6.27. The van der Waals surface area contributed by atoms with Crippen molar-refractivity contribution >= 4 is 11.9 Å². The number of nitrogens with one attached hydrogen (secondary N) is 2. The van der Waals surface area contributed by atoms with Crippen LogP contribution in [0.3, 0.4) is 0 Å². The number of aromatic carboxylic acids is 1. The maximum atomic E-state index is 11.8. The summed E-state index contributed by atoms with van der Waals surface area (Å²) in [7, 11) is 0. The van der Waals surface area contributed by atoms with E-state index < -0.39 is 5.97 Å². The molecule has 0 atom stereocenters. The first-order chi connectivity index (χ1) is 10.7. The van der Waals surface area contributed by atoms with E-state index in [4.69, 9.17) is 5.11 Å². The van der Waals surface area contributed by atoms with Gasteiger partial charge in [0.15, 0.2) is 5.69 Å². The number of carboxylic acids is 1. The van der Waals surface area contributed by atoms with E-state index in [9.17, 15) is 9.59 Å². The average molecular weight is 306 g/mol. The van der Waals surface area contributed by atoms with Crippen molar-refractivity contribution in [3.05, 3.63) is 23.8 Å². The van der Waals surface area contributed by atoms with Gasteiger partial charge in [0.25, 0.3) is 5.91 Å². The van der Waals surface area contributed by atoms with Gasteiger partial charge in [-0.1, -0.05) is 25.7 Å². The van der Waals surface area contributed by atoms with Crippen LogP contribution in [0.5, 0.6) is 0 Å².